The number of amides is 1. The minimum absolute atomic E-state index is 0.213. The zero-order valence-electron chi connectivity index (χ0n) is 15.7. The van der Waals surface area contributed by atoms with E-state index in [2.05, 4.69) is 45.5 Å². The summed E-state index contributed by atoms with van der Waals surface area (Å²) in [6, 6.07) is 6.38. The molecule has 1 atom stereocenters. The Morgan fingerprint density at radius 2 is 2.00 bits per heavy atom. The summed E-state index contributed by atoms with van der Waals surface area (Å²) < 4.78 is 9.29. The Morgan fingerprint density at radius 1 is 1.30 bits per heavy atom. The van der Waals surface area contributed by atoms with Gasteiger partial charge in [-0.1, -0.05) is 0 Å². The van der Waals surface area contributed by atoms with Crippen molar-refractivity contribution in [2.45, 2.75) is 63.2 Å². The van der Waals surface area contributed by atoms with Crippen molar-refractivity contribution < 1.29 is 14.6 Å². The molecule has 1 aromatic carbocycles. The number of fused-ring (bicyclic) bond motifs is 1. The number of carbonyl (C=O) groups is 1. The fraction of sp³-hybridized carbons (Fsp3) is 0.571. The number of carbonyl (C=O) groups excluding carboxylic acids is 1. The van der Waals surface area contributed by atoms with Crippen LogP contribution in [0.1, 0.15) is 61.8 Å². The lowest BCUT2D eigenvalue weighted by molar-refractivity contribution is -0.0844. The number of halogens is 1. The highest BCUT2D eigenvalue weighted by molar-refractivity contribution is 14.1. The molecule has 6 heteroatoms. The number of ether oxygens (including phenoxy) is 1. The summed E-state index contributed by atoms with van der Waals surface area (Å²) in [4.78, 5) is 12.0. The maximum Gasteiger partial charge on any atom is 0.250 e. The van der Waals surface area contributed by atoms with Crippen LogP contribution in [0.3, 0.4) is 0 Å². The van der Waals surface area contributed by atoms with Gasteiger partial charge in [-0.25, -0.2) is 0 Å². The molecule has 1 heterocycles. The van der Waals surface area contributed by atoms with Crippen LogP contribution in [0.4, 0.5) is 0 Å². The lowest BCUT2D eigenvalue weighted by Crippen LogP contribution is -2.36. The highest BCUT2D eigenvalue weighted by Gasteiger charge is 2.40. The van der Waals surface area contributed by atoms with Crippen LogP contribution in [0.15, 0.2) is 24.4 Å². The molecule has 0 spiro atoms. The third kappa shape index (κ3) is 4.03. The molecule has 3 N–H and O–H groups in total. The molecule has 0 radical (unpaired) electrons. The number of rotatable bonds is 6. The predicted octanol–water partition coefficient (Wildman–Crippen LogP) is 4.01. The predicted molar refractivity (Wildman–Crippen MR) is 114 cm³/mol. The number of nitrogens with two attached hydrogens (primary N) is 1. The number of hydrogen-bond acceptors (Lipinski definition) is 3. The number of nitrogens with zero attached hydrogens (tertiary/aromatic N) is 1. The van der Waals surface area contributed by atoms with Gasteiger partial charge in [0.1, 0.15) is 0 Å². The van der Waals surface area contributed by atoms with Gasteiger partial charge in [0.15, 0.2) is 0 Å². The monoisotopic (exact) mass is 482 g/mol. The first-order chi connectivity index (χ1) is 12.8. The minimum atomic E-state index is -0.680. The zero-order valence-corrected chi connectivity index (χ0v) is 17.8. The van der Waals surface area contributed by atoms with Crippen molar-refractivity contribution in [3.8, 4) is 0 Å². The first-order valence-electron chi connectivity index (χ1n) is 9.79. The van der Waals surface area contributed by atoms with Crippen molar-refractivity contribution >= 4 is 39.4 Å². The Bertz CT molecular complexity index is 848. The van der Waals surface area contributed by atoms with E-state index in [1.54, 1.807) is 0 Å². The van der Waals surface area contributed by atoms with Gasteiger partial charge in [0.2, 0.25) is 0 Å². The molecule has 0 saturated heterocycles. The number of benzene rings is 1. The van der Waals surface area contributed by atoms with E-state index < -0.39 is 5.60 Å². The molecule has 4 rings (SSSR count). The fourth-order valence-corrected chi connectivity index (χ4v) is 5.01. The van der Waals surface area contributed by atoms with Crippen LogP contribution in [0, 0.1) is 9.49 Å². The van der Waals surface area contributed by atoms with Gasteiger partial charge >= 0.3 is 0 Å². The van der Waals surface area contributed by atoms with Crippen molar-refractivity contribution in [2.75, 3.05) is 6.61 Å². The molecule has 2 aliphatic carbocycles. The van der Waals surface area contributed by atoms with E-state index in [4.69, 9.17) is 10.5 Å². The van der Waals surface area contributed by atoms with Crippen LogP contribution in [0.5, 0.6) is 0 Å². The smallest absolute Gasteiger partial charge is 0.250 e. The number of primary amides is 1. The Balaban J connectivity index is 1.44. The van der Waals surface area contributed by atoms with Gasteiger partial charge in [-0.3, -0.25) is 4.79 Å². The lowest BCUT2D eigenvalue weighted by atomic mass is 9.92. The highest BCUT2D eigenvalue weighted by atomic mass is 127. The summed E-state index contributed by atoms with van der Waals surface area (Å²) in [6.07, 6.45) is 8.48. The SMILES string of the molecule is CC(O)(COC1CCC(n2ccc3cc(I)cc(C(N)=O)c32)CC1)C1CC1. The van der Waals surface area contributed by atoms with Gasteiger partial charge < -0.3 is 20.1 Å². The molecule has 27 heavy (non-hydrogen) atoms. The molecular weight excluding hydrogens is 455 g/mol. The van der Waals surface area contributed by atoms with E-state index in [9.17, 15) is 9.90 Å². The van der Waals surface area contributed by atoms with E-state index in [1.807, 2.05) is 13.0 Å². The van der Waals surface area contributed by atoms with Crippen LogP contribution in [-0.4, -0.2) is 33.9 Å². The summed E-state index contributed by atoms with van der Waals surface area (Å²) >= 11 is 2.22. The van der Waals surface area contributed by atoms with Gasteiger partial charge in [-0.05, 0) is 92.2 Å². The molecule has 2 aliphatic rings. The standard InChI is InChI=1S/C21H27IN2O3/c1-21(26,14-2-3-14)12-27-17-6-4-16(5-7-17)24-9-8-13-10-15(22)11-18(19(13)24)20(23)25/h8-11,14,16-17,26H,2-7,12H2,1H3,(H2,23,25). The van der Waals surface area contributed by atoms with Crippen molar-refractivity contribution in [1.29, 1.82) is 0 Å². The largest absolute Gasteiger partial charge is 0.387 e. The van der Waals surface area contributed by atoms with E-state index in [0.717, 1.165) is 53.0 Å². The molecule has 0 bridgehead atoms. The van der Waals surface area contributed by atoms with Crippen LogP contribution >= 0.6 is 22.6 Å². The normalized spacial score (nSPS) is 25.4. The second-order valence-electron chi connectivity index (χ2n) is 8.35. The molecular formula is C21H27IN2O3. The van der Waals surface area contributed by atoms with Gasteiger partial charge in [-0.15, -0.1) is 0 Å². The van der Waals surface area contributed by atoms with E-state index in [0.29, 0.717) is 24.1 Å². The van der Waals surface area contributed by atoms with Crippen molar-refractivity contribution in [1.82, 2.24) is 4.57 Å². The van der Waals surface area contributed by atoms with Gasteiger partial charge in [-0.2, -0.15) is 0 Å². The third-order valence-electron chi connectivity index (χ3n) is 6.15. The van der Waals surface area contributed by atoms with E-state index >= 15 is 0 Å². The zero-order chi connectivity index (χ0) is 19.2. The summed E-state index contributed by atoms with van der Waals surface area (Å²) in [6.45, 7) is 2.33. The molecule has 5 nitrogen and oxygen atoms in total. The number of aromatic nitrogens is 1. The molecule has 1 amide bonds. The Morgan fingerprint density at radius 3 is 2.63 bits per heavy atom. The molecule has 2 aromatic rings. The fourth-order valence-electron chi connectivity index (χ4n) is 4.36. The molecule has 2 fully saturated rings. The maximum atomic E-state index is 12.0. The van der Waals surface area contributed by atoms with Gasteiger partial charge in [0, 0.05) is 21.2 Å². The summed E-state index contributed by atoms with van der Waals surface area (Å²) in [5.74, 6) is 0.0351. The molecule has 1 unspecified atom stereocenters. The molecule has 2 saturated carbocycles. The average Bonchev–Trinajstić information content (AvgIpc) is 3.41. The Hall–Kier alpha value is -1.12. The second-order valence-corrected chi connectivity index (χ2v) is 9.60. The first kappa shape index (κ1) is 19.2. The highest BCUT2D eigenvalue weighted by Crippen LogP contribution is 2.40. The van der Waals surface area contributed by atoms with Gasteiger partial charge in [0.05, 0.1) is 29.4 Å². The summed E-state index contributed by atoms with van der Waals surface area (Å²) in [7, 11) is 0. The van der Waals surface area contributed by atoms with Gasteiger partial charge in [0.25, 0.3) is 5.91 Å². The Labute approximate surface area is 173 Å². The van der Waals surface area contributed by atoms with Crippen molar-refractivity contribution in [3.05, 3.63) is 33.5 Å². The minimum Gasteiger partial charge on any atom is -0.387 e. The van der Waals surface area contributed by atoms with E-state index in [-0.39, 0.29) is 12.0 Å². The number of hydrogen-bond donors (Lipinski definition) is 2. The molecule has 146 valence electrons. The second kappa shape index (κ2) is 7.37. The van der Waals surface area contributed by atoms with Crippen LogP contribution < -0.4 is 5.73 Å². The lowest BCUT2D eigenvalue weighted by Gasteiger charge is -2.32. The topological polar surface area (TPSA) is 77.5 Å². The van der Waals surface area contributed by atoms with Crippen molar-refractivity contribution in [3.63, 3.8) is 0 Å². The van der Waals surface area contributed by atoms with Crippen LogP contribution in [0.2, 0.25) is 0 Å². The quantitative estimate of drug-likeness (QED) is 0.611. The van der Waals surface area contributed by atoms with Crippen molar-refractivity contribution in [2.24, 2.45) is 11.7 Å². The Kier molecular flexibility index (Phi) is 5.24. The summed E-state index contributed by atoms with van der Waals surface area (Å²) in [5, 5.41) is 11.5. The van der Waals surface area contributed by atoms with Crippen LogP contribution in [-0.2, 0) is 4.74 Å². The third-order valence-corrected chi connectivity index (χ3v) is 6.77. The number of aliphatic hydroxyl groups is 1. The van der Waals surface area contributed by atoms with Crippen LogP contribution in [0.25, 0.3) is 10.9 Å². The molecule has 1 aromatic heterocycles. The molecule has 0 aliphatic heterocycles. The summed E-state index contributed by atoms with van der Waals surface area (Å²) in [5.41, 5.74) is 6.51. The maximum absolute atomic E-state index is 12.0. The first-order valence-corrected chi connectivity index (χ1v) is 10.9. The average molecular weight is 482 g/mol. The van der Waals surface area contributed by atoms with E-state index in [1.165, 1.54) is 0 Å².